The number of nitrogens with zero attached hydrogens (tertiary/aromatic N) is 2. The molecule has 0 aromatic heterocycles. The Morgan fingerprint density at radius 2 is 1.81 bits per heavy atom. The van der Waals surface area contributed by atoms with Crippen LogP contribution in [-0.2, 0) is 23.1 Å². The van der Waals surface area contributed by atoms with E-state index in [9.17, 15) is 8.42 Å². The Balaban J connectivity index is 1.99. The fraction of sp³-hybridized carbons (Fsp3) is 0.278. The van der Waals surface area contributed by atoms with Crippen molar-refractivity contribution >= 4 is 31.9 Å². The number of hydrogen-bond donors (Lipinski definition) is 2. The number of aliphatic imine (C=N–C) groups is 1. The lowest BCUT2D eigenvalue weighted by atomic mass is 10.2. The van der Waals surface area contributed by atoms with E-state index >= 15 is 0 Å². The summed E-state index contributed by atoms with van der Waals surface area (Å²) in [5, 5.41) is 3.29. The maximum atomic E-state index is 11.8. The van der Waals surface area contributed by atoms with Crippen molar-refractivity contribution in [1.29, 1.82) is 0 Å². The van der Waals surface area contributed by atoms with Gasteiger partial charge in [-0.25, -0.2) is 13.1 Å². The lowest BCUT2D eigenvalue weighted by Crippen LogP contribution is -2.38. The van der Waals surface area contributed by atoms with Crippen molar-refractivity contribution in [3.8, 4) is 0 Å². The first-order valence-electron chi connectivity index (χ1n) is 8.05. The van der Waals surface area contributed by atoms with Gasteiger partial charge in [-0.05, 0) is 36.4 Å². The molecule has 0 saturated carbocycles. The summed E-state index contributed by atoms with van der Waals surface area (Å²) < 4.78 is 26.9. The molecule has 26 heavy (non-hydrogen) atoms. The highest BCUT2D eigenvalue weighted by molar-refractivity contribution is 9.10. The fourth-order valence-electron chi connectivity index (χ4n) is 2.43. The van der Waals surface area contributed by atoms with Gasteiger partial charge in [-0.3, -0.25) is 4.99 Å². The Morgan fingerprint density at radius 3 is 2.38 bits per heavy atom. The molecule has 0 aliphatic carbocycles. The van der Waals surface area contributed by atoms with E-state index in [1.54, 1.807) is 31.3 Å². The van der Waals surface area contributed by atoms with Crippen LogP contribution in [0.2, 0.25) is 0 Å². The number of nitrogens with one attached hydrogen (secondary N) is 2. The molecule has 0 heterocycles. The van der Waals surface area contributed by atoms with Crippen LogP contribution >= 0.6 is 15.9 Å². The second kappa shape index (κ2) is 9.16. The van der Waals surface area contributed by atoms with Crippen LogP contribution in [0.3, 0.4) is 0 Å². The molecule has 6 nitrogen and oxygen atoms in total. The first-order chi connectivity index (χ1) is 12.4. The molecule has 0 aliphatic rings. The largest absolute Gasteiger partial charge is 0.352 e. The lowest BCUT2D eigenvalue weighted by molar-refractivity contribution is 0.475. The summed E-state index contributed by atoms with van der Waals surface area (Å²) in [6, 6.07) is 14.8. The minimum absolute atomic E-state index is 0.249. The molecule has 2 aromatic rings. The Labute approximate surface area is 163 Å². The van der Waals surface area contributed by atoms with Crippen molar-refractivity contribution < 1.29 is 8.42 Å². The molecule has 140 valence electrons. The average molecular weight is 439 g/mol. The highest BCUT2D eigenvalue weighted by Crippen LogP contribution is 2.17. The van der Waals surface area contributed by atoms with E-state index in [0.717, 1.165) is 16.0 Å². The van der Waals surface area contributed by atoms with Crippen molar-refractivity contribution in [3.05, 3.63) is 64.1 Å². The summed E-state index contributed by atoms with van der Waals surface area (Å²) in [5.41, 5.74) is 2.13. The zero-order valence-corrected chi connectivity index (χ0v) is 17.4. The summed E-state index contributed by atoms with van der Waals surface area (Å²) in [5.74, 6) is 0.757. The van der Waals surface area contributed by atoms with Gasteiger partial charge in [-0.15, -0.1) is 0 Å². The van der Waals surface area contributed by atoms with Crippen LogP contribution in [0.1, 0.15) is 11.1 Å². The first-order valence-corrected chi connectivity index (χ1v) is 10.3. The third kappa shape index (κ3) is 5.30. The van der Waals surface area contributed by atoms with Gasteiger partial charge in [0.1, 0.15) is 0 Å². The molecule has 0 bridgehead atoms. The van der Waals surface area contributed by atoms with Gasteiger partial charge >= 0.3 is 0 Å². The van der Waals surface area contributed by atoms with E-state index in [4.69, 9.17) is 0 Å². The van der Waals surface area contributed by atoms with Gasteiger partial charge in [-0.2, -0.15) is 0 Å². The summed E-state index contributed by atoms with van der Waals surface area (Å²) in [6.45, 7) is 1.26. The van der Waals surface area contributed by atoms with E-state index in [2.05, 4.69) is 37.0 Å². The van der Waals surface area contributed by atoms with Crippen LogP contribution in [-0.4, -0.2) is 40.4 Å². The minimum Gasteiger partial charge on any atom is -0.352 e. The van der Waals surface area contributed by atoms with Crippen molar-refractivity contribution in [2.75, 3.05) is 21.1 Å². The Bertz CT molecular complexity index is 867. The van der Waals surface area contributed by atoms with Crippen molar-refractivity contribution in [1.82, 2.24) is 14.9 Å². The average Bonchev–Trinajstić information content (AvgIpc) is 2.64. The van der Waals surface area contributed by atoms with Gasteiger partial charge in [0.2, 0.25) is 10.0 Å². The van der Waals surface area contributed by atoms with E-state index in [1.165, 1.54) is 12.6 Å². The normalized spacial score (nSPS) is 12.1. The topological polar surface area (TPSA) is 73.8 Å². The van der Waals surface area contributed by atoms with Crippen LogP contribution in [0.25, 0.3) is 0 Å². The van der Waals surface area contributed by atoms with Gasteiger partial charge in [-0.1, -0.05) is 46.3 Å². The highest BCUT2D eigenvalue weighted by Gasteiger charge is 2.11. The lowest BCUT2D eigenvalue weighted by Gasteiger charge is -2.22. The minimum atomic E-state index is -3.41. The van der Waals surface area contributed by atoms with Crippen LogP contribution in [0.15, 0.2) is 62.9 Å². The maximum Gasteiger partial charge on any atom is 0.240 e. The fourth-order valence-corrected chi connectivity index (χ4v) is 3.57. The molecular formula is C18H23BrN4O2S. The van der Waals surface area contributed by atoms with Crippen molar-refractivity contribution in [3.63, 3.8) is 0 Å². The Kier molecular flexibility index (Phi) is 7.19. The molecule has 2 rings (SSSR count). The molecule has 0 aliphatic heterocycles. The van der Waals surface area contributed by atoms with E-state index in [0.29, 0.717) is 13.1 Å². The van der Waals surface area contributed by atoms with Crippen molar-refractivity contribution in [2.45, 2.75) is 18.0 Å². The molecule has 2 aromatic carbocycles. The molecule has 2 N–H and O–H groups in total. The Morgan fingerprint density at radius 1 is 1.15 bits per heavy atom. The molecule has 0 unspecified atom stereocenters. The first kappa shape index (κ1) is 20.4. The molecule has 0 radical (unpaired) electrons. The van der Waals surface area contributed by atoms with Crippen LogP contribution in [0, 0.1) is 0 Å². The molecule has 0 saturated heterocycles. The predicted molar refractivity (Wildman–Crippen MR) is 108 cm³/mol. The highest BCUT2D eigenvalue weighted by atomic mass is 79.9. The summed E-state index contributed by atoms with van der Waals surface area (Å²) in [7, 11) is 1.70. The quantitative estimate of drug-likeness (QED) is 0.536. The van der Waals surface area contributed by atoms with Gasteiger partial charge in [0, 0.05) is 31.7 Å². The zero-order valence-electron chi connectivity index (χ0n) is 15.0. The molecule has 8 heteroatoms. The van der Waals surface area contributed by atoms with Crippen LogP contribution < -0.4 is 10.0 Å². The molecular weight excluding hydrogens is 416 g/mol. The number of benzene rings is 2. The zero-order chi connectivity index (χ0) is 19.2. The van der Waals surface area contributed by atoms with Gasteiger partial charge in [0.25, 0.3) is 0 Å². The number of halogens is 1. The summed E-state index contributed by atoms with van der Waals surface area (Å²) in [6.07, 6.45) is 0. The van der Waals surface area contributed by atoms with Crippen LogP contribution in [0.4, 0.5) is 0 Å². The third-order valence-corrected chi connectivity index (χ3v) is 6.10. The Hall–Kier alpha value is -1.90. The molecule has 0 spiro atoms. The summed E-state index contributed by atoms with van der Waals surface area (Å²) in [4.78, 5) is 6.59. The third-order valence-electron chi connectivity index (χ3n) is 3.89. The van der Waals surface area contributed by atoms with E-state index in [-0.39, 0.29) is 4.90 Å². The SMILES string of the molecule is CN=C(NCc1ccc(S(=O)(=O)NC)cc1)N(C)Cc1ccccc1Br. The van der Waals surface area contributed by atoms with Gasteiger partial charge in [0.05, 0.1) is 4.90 Å². The summed E-state index contributed by atoms with van der Waals surface area (Å²) >= 11 is 3.56. The molecule has 0 atom stereocenters. The second-order valence-corrected chi connectivity index (χ2v) is 8.44. The number of guanidine groups is 1. The van der Waals surface area contributed by atoms with E-state index in [1.807, 2.05) is 30.1 Å². The second-order valence-electron chi connectivity index (χ2n) is 5.70. The van der Waals surface area contributed by atoms with Gasteiger partial charge < -0.3 is 10.2 Å². The van der Waals surface area contributed by atoms with Crippen LogP contribution in [0.5, 0.6) is 0 Å². The van der Waals surface area contributed by atoms with E-state index < -0.39 is 10.0 Å². The molecule has 0 fully saturated rings. The number of rotatable bonds is 6. The number of sulfonamides is 1. The monoisotopic (exact) mass is 438 g/mol. The predicted octanol–water partition coefficient (Wildman–Crippen LogP) is 2.56. The van der Waals surface area contributed by atoms with Gasteiger partial charge in [0.15, 0.2) is 5.96 Å². The standard InChI is InChI=1S/C18H23BrN4O2S/c1-20-18(23(3)13-15-6-4-5-7-17(15)19)22-12-14-8-10-16(11-9-14)26(24,25)21-2/h4-11,21H,12-13H2,1-3H3,(H,20,22). The smallest absolute Gasteiger partial charge is 0.240 e. The molecule has 0 amide bonds. The van der Waals surface area contributed by atoms with Crippen molar-refractivity contribution in [2.24, 2.45) is 4.99 Å². The maximum absolute atomic E-state index is 11.8. The number of hydrogen-bond acceptors (Lipinski definition) is 3.